The number of carbonyl (C=O) groups is 3. The minimum absolute atomic E-state index is 0.121. The third-order valence-corrected chi connectivity index (χ3v) is 5.54. The van der Waals surface area contributed by atoms with Gasteiger partial charge in [-0.05, 0) is 49.2 Å². The predicted molar refractivity (Wildman–Crippen MR) is 102 cm³/mol. The van der Waals surface area contributed by atoms with Gasteiger partial charge in [-0.25, -0.2) is 4.98 Å². The summed E-state index contributed by atoms with van der Waals surface area (Å²) in [6.45, 7) is 0. The van der Waals surface area contributed by atoms with Crippen molar-refractivity contribution < 1.29 is 14.4 Å². The zero-order chi connectivity index (χ0) is 19.0. The van der Waals surface area contributed by atoms with E-state index in [4.69, 9.17) is 11.6 Å². The topological polar surface area (TPSA) is 79.4 Å². The van der Waals surface area contributed by atoms with Crippen molar-refractivity contribution in [2.75, 3.05) is 10.2 Å². The molecule has 2 heterocycles. The molecule has 0 unspecified atom stereocenters. The summed E-state index contributed by atoms with van der Waals surface area (Å²) in [5.74, 6) is -0.971. The van der Waals surface area contributed by atoms with Crippen molar-refractivity contribution in [2.45, 2.75) is 25.7 Å². The van der Waals surface area contributed by atoms with Crippen LogP contribution < -0.4 is 10.2 Å². The number of imide groups is 1. The van der Waals surface area contributed by atoms with Gasteiger partial charge >= 0.3 is 0 Å². The Kier molecular flexibility index (Phi) is 4.66. The number of anilines is 2. The second-order valence-electron chi connectivity index (χ2n) is 6.85. The van der Waals surface area contributed by atoms with Gasteiger partial charge in [0.05, 0.1) is 23.2 Å². The SMILES string of the molecule is O=C(Nc1cccnc1Cl)c1ccc(N2C(=O)[C@H]3CCCC[C@@H]3C2=O)cc1. The van der Waals surface area contributed by atoms with Crippen molar-refractivity contribution in [1.82, 2.24) is 4.98 Å². The largest absolute Gasteiger partial charge is 0.319 e. The second kappa shape index (κ2) is 7.12. The lowest BCUT2D eigenvalue weighted by Gasteiger charge is -2.19. The first kappa shape index (κ1) is 17.7. The molecule has 2 aliphatic rings. The zero-order valence-corrected chi connectivity index (χ0v) is 15.3. The van der Waals surface area contributed by atoms with E-state index in [1.807, 2.05) is 0 Å². The van der Waals surface area contributed by atoms with Crippen molar-refractivity contribution in [2.24, 2.45) is 11.8 Å². The standard InChI is InChI=1S/C20H18ClN3O3/c21-17-16(6-3-11-22-17)23-18(25)12-7-9-13(10-8-12)24-19(26)14-4-1-2-5-15(14)20(24)27/h3,6-11,14-15H,1-2,4-5H2,(H,23,25)/t14-,15-/m0/s1. The fourth-order valence-corrected chi connectivity index (χ4v) is 4.02. The molecular weight excluding hydrogens is 366 g/mol. The molecule has 138 valence electrons. The van der Waals surface area contributed by atoms with Crippen molar-refractivity contribution in [3.63, 3.8) is 0 Å². The number of pyridine rings is 1. The highest BCUT2D eigenvalue weighted by Crippen LogP contribution is 2.40. The van der Waals surface area contributed by atoms with Crippen LogP contribution in [-0.4, -0.2) is 22.7 Å². The Morgan fingerprint density at radius 1 is 1.04 bits per heavy atom. The number of fused-ring (bicyclic) bond motifs is 1. The van der Waals surface area contributed by atoms with Gasteiger partial charge in [-0.1, -0.05) is 24.4 Å². The molecule has 0 radical (unpaired) electrons. The third kappa shape index (κ3) is 3.21. The first-order valence-corrected chi connectivity index (χ1v) is 9.34. The number of nitrogens with zero attached hydrogens (tertiary/aromatic N) is 2. The summed E-state index contributed by atoms with van der Waals surface area (Å²) in [4.78, 5) is 42.9. The molecular formula is C20H18ClN3O3. The lowest BCUT2D eigenvalue weighted by atomic mass is 9.81. The molecule has 1 N–H and O–H groups in total. The Balaban J connectivity index is 1.52. The van der Waals surface area contributed by atoms with E-state index in [9.17, 15) is 14.4 Å². The number of amides is 3. The average Bonchev–Trinajstić information content (AvgIpc) is 2.95. The van der Waals surface area contributed by atoms with Gasteiger partial charge in [0, 0.05) is 11.8 Å². The molecule has 3 amide bonds. The maximum atomic E-state index is 12.7. The molecule has 0 spiro atoms. The van der Waals surface area contributed by atoms with Crippen LogP contribution in [0, 0.1) is 11.8 Å². The Morgan fingerprint density at radius 2 is 1.67 bits per heavy atom. The van der Waals surface area contributed by atoms with Crippen LogP contribution in [0.1, 0.15) is 36.0 Å². The van der Waals surface area contributed by atoms with Gasteiger partial charge in [-0.3, -0.25) is 19.3 Å². The lowest BCUT2D eigenvalue weighted by Crippen LogP contribution is -2.30. The van der Waals surface area contributed by atoms with Crippen LogP contribution in [0.25, 0.3) is 0 Å². The maximum Gasteiger partial charge on any atom is 0.255 e. The molecule has 6 nitrogen and oxygen atoms in total. The first-order valence-electron chi connectivity index (χ1n) is 8.96. The van der Waals surface area contributed by atoms with Gasteiger partial charge in [0.2, 0.25) is 11.8 Å². The second-order valence-corrected chi connectivity index (χ2v) is 7.21. The molecule has 1 saturated carbocycles. The number of aromatic nitrogens is 1. The minimum atomic E-state index is -0.343. The number of halogens is 1. The molecule has 1 aliphatic heterocycles. The van der Waals surface area contributed by atoms with Gasteiger partial charge in [-0.2, -0.15) is 0 Å². The highest BCUT2D eigenvalue weighted by Gasteiger charge is 2.48. The summed E-state index contributed by atoms with van der Waals surface area (Å²) >= 11 is 5.95. The van der Waals surface area contributed by atoms with Gasteiger partial charge in [0.1, 0.15) is 0 Å². The van der Waals surface area contributed by atoms with E-state index < -0.39 is 0 Å². The smallest absolute Gasteiger partial charge is 0.255 e. The van der Waals surface area contributed by atoms with E-state index in [2.05, 4.69) is 10.3 Å². The van der Waals surface area contributed by atoms with E-state index >= 15 is 0 Å². The number of rotatable bonds is 3. The predicted octanol–water partition coefficient (Wildman–Crippen LogP) is 3.67. The average molecular weight is 384 g/mol. The molecule has 1 aromatic carbocycles. The van der Waals surface area contributed by atoms with Crippen LogP contribution >= 0.6 is 11.6 Å². The van der Waals surface area contributed by atoms with Crippen LogP contribution in [0.5, 0.6) is 0 Å². The van der Waals surface area contributed by atoms with Gasteiger partial charge in [0.25, 0.3) is 5.91 Å². The van der Waals surface area contributed by atoms with Crippen LogP contribution in [0.2, 0.25) is 5.15 Å². The number of benzene rings is 1. The van der Waals surface area contributed by atoms with E-state index in [-0.39, 0.29) is 34.7 Å². The van der Waals surface area contributed by atoms with Crippen molar-refractivity contribution in [3.8, 4) is 0 Å². The summed E-state index contributed by atoms with van der Waals surface area (Å²) < 4.78 is 0. The van der Waals surface area contributed by atoms with Gasteiger partial charge < -0.3 is 5.32 Å². The number of hydrogen-bond donors (Lipinski definition) is 1. The quantitative estimate of drug-likeness (QED) is 0.647. The molecule has 27 heavy (non-hydrogen) atoms. The van der Waals surface area contributed by atoms with Crippen LogP contribution in [-0.2, 0) is 9.59 Å². The third-order valence-electron chi connectivity index (χ3n) is 5.24. The summed E-state index contributed by atoms with van der Waals surface area (Å²) in [6.07, 6.45) is 5.07. The molecule has 1 saturated heterocycles. The molecule has 1 aromatic heterocycles. The highest BCUT2D eigenvalue weighted by molar-refractivity contribution is 6.32. The van der Waals surface area contributed by atoms with E-state index in [1.165, 1.54) is 11.1 Å². The van der Waals surface area contributed by atoms with Crippen LogP contribution in [0.3, 0.4) is 0 Å². The molecule has 2 aromatic rings. The number of hydrogen-bond acceptors (Lipinski definition) is 4. The Bertz CT molecular complexity index is 889. The summed E-state index contributed by atoms with van der Waals surface area (Å²) in [5, 5.41) is 2.90. The molecule has 0 bridgehead atoms. The first-order chi connectivity index (χ1) is 13.1. The molecule has 1 aliphatic carbocycles. The van der Waals surface area contributed by atoms with E-state index in [0.717, 1.165) is 25.7 Å². The van der Waals surface area contributed by atoms with Gasteiger partial charge in [-0.15, -0.1) is 0 Å². The van der Waals surface area contributed by atoms with E-state index in [0.29, 0.717) is 16.9 Å². The van der Waals surface area contributed by atoms with Crippen molar-refractivity contribution >= 4 is 40.7 Å². The minimum Gasteiger partial charge on any atom is -0.319 e. The highest BCUT2D eigenvalue weighted by atomic mass is 35.5. The summed E-state index contributed by atoms with van der Waals surface area (Å²) in [6, 6.07) is 9.79. The zero-order valence-electron chi connectivity index (χ0n) is 14.5. The molecule has 4 rings (SSSR count). The van der Waals surface area contributed by atoms with Crippen LogP contribution in [0.15, 0.2) is 42.6 Å². The fraction of sp³-hybridized carbons (Fsp3) is 0.300. The summed E-state index contributed by atoms with van der Waals surface area (Å²) in [7, 11) is 0. The van der Waals surface area contributed by atoms with E-state index in [1.54, 1.807) is 36.4 Å². The molecule has 7 heteroatoms. The Hall–Kier alpha value is -2.73. The normalized spacial score (nSPS) is 21.9. The maximum absolute atomic E-state index is 12.7. The van der Waals surface area contributed by atoms with Crippen molar-refractivity contribution in [1.29, 1.82) is 0 Å². The van der Waals surface area contributed by atoms with Crippen molar-refractivity contribution in [3.05, 3.63) is 53.3 Å². The molecule has 2 atom stereocenters. The van der Waals surface area contributed by atoms with Gasteiger partial charge in [0.15, 0.2) is 5.15 Å². The molecule has 2 fully saturated rings. The van der Waals surface area contributed by atoms with Crippen LogP contribution in [0.4, 0.5) is 11.4 Å². The Labute approximate surface area is 161 Å². The number of carbonyl (C=O) groups excluding carboxylic acids is 3. The monoisotopic (exact) mass is 383 g/mol. The number of nitrogens with one attached hydrogen (secondary N) is 1. The Morgan fingerprint density at radius 3 is 2.26 bits per heavy atom. The summed E-state index contributed by atoms with van der Waals surface area (Å²) in [5.41, 5.74) is 1.33. The fourth-order valence-electron chi connectivity index (χ4n) is 3.85. The lowest BCUT2D eigenvalue weighted by molar-refractivity contribution is -0.122.